The Bertz CT molecular complexity index is 335. The number of halogens is 1. The van der Waals surface area contributed by atoms with Crippen molar-refractivity contribution in [2.24, 2.45) is 5.92 Å². The van der Waals surface area contributed by atoms with Crippen molar-refractivity contribution in [3.05, 3.63) is 35.1 Å². The van der Waals surface area contributed by atoms with Crippen LogP contribution in [0.1, 0.15) is 24.5 Å². The third-order valence-electron chi connectivity index (χ3n) is 2.90. The predicted molar refractivity (Wildman–Crippen MR) is 55.5 cm³/mol. The van der Waals surface area contributed by atoms with Crippen LogP contribution in [0.25, 0.3) is 0 Å². The zero-order valence-electron chi connectivity index (χ0n) is 8.68. The van der Waals surface area contributed by atoms with Gasteiger partial charge in [0.2, 0.25) is 0 Å². The molecule has 1 aliphatic rings. The Labute approximate surface area is 84.3 Å². The Kier molecular flexibility index (Phi) is 2.55. The first-order valence-electron chi connectivity index (χ1n) is 5.15. The molecule has 0 bridgehead atoms. The molecule has 1 aromatic carbocycles. The van der Waals surface area contributed by atoms with Gasteiger partial charge in [-0.1, -0.05) is 19.1 Å². The van der Waals surface area contributed by atoms with Crippen LogP contribution >= 0.6 is 0 Å². The number of nitrogens with one attached hydrogen (secondary N) is 1. The van der Waals surface area contributed by atoms with E-state index < -0.39 is 0 Å². The lowest BCUT2D eigenvalue weighted by molar-refractivity contribution is 0.613. The van der Waals surface area contributed by atoms with E-state index in [-0.39, 0.29) is 5.82 Å². The Balaban J connectivity index is 1.92. The van der Waals surface area contributed by atoms with Crippen molar-refractivity contribution in [3.63, 3.8) is 0 Å². The molecule has 1 fully saturated rings. The number of hydrogen-bond donors (Lipinski definition) is 1. The van der Waals surface area contributed by atoms with Crippen LogP contribution in [0.15, 0.2) is 18.2 Å². The van der Waals surface area contributed by atoms with Gasteiger partial charge in [0, 0.05) is 12.6 Å². The lowest BCUT2D eigenvalue weighted by Gasteiger charge is -2.05. The molecule has 2 rings (SSSR count). The Morgan fingerprint density at radius 2 is 2.21 bits per heavy atom. The number of hydrogen-bond acceptors (Lipinski definition) is 1. The van der Waals surface area contributed by atoms with Gasteiger partial charge in [-0.25, -0.2) is 4.39 Å². The molecule has 1 N–H and O–H groups in total. The highest BCUT2D eigenvalue weighted by molar-refractivity contribution is 5.23. The van der Waals surface area contributed by atoms with Crippen LogP contribution in [0.3, 0.4) is 0 Å². The fraction of sp³-hybridized carbons (Fsp3) is 0.500. The second kappa shape index (κ2) is 3.70. The van der Waals surface area contributed by atoms with Gasteiger partial charge in [-0.3, -0.25) is 0 Å². The SMILES string of the molecule is Cc1cc(CNC2CC2C)ccc1F. The maximum atomic E-state index is 13.0. The van der Waals surface area contributed by atoms with Crippen molar-refractivity contribution in [3.8, 4) is 0 Å². The van der Waals surface area contributed by atoms with Gasteiger partial charge >= 0.3 is 0 Å². The van der Waals surface area contributed by atoms with Crippen LogP contribution in [-0.2, 0) is 6.54 Å². The fourth-order valence-corrected chi connectivity index (χ4v) is 1.67. The summed E-state index contributed by atoms with van der Waals surface area (Å²) in [6, 6.07) is 5.99. The van der Waals surface area contributed by atoms with Crippen molar-refractivity contribution in [2.45, 2.75) is 32.9 Å². The molecule has 76 valence electrons. The second-order valence-electron chi connectivity index (χ2n) is 4.28. The van der Waals surface area contributed by atoms with E-state index in [1.807, 2.05) is 12.1 Å². The summed E-state index contributed by atoms with van der Waals surface area (Å²) in [5.41, 5.74) is 1.90. The summed E-state index contributed by atoms with van der Waals surface area (Å²) in [5, 5.41) is 3.45. The van der Waals surface area contributed by atoms with Crippen LogP contribution in [0.2, 0.25) is 0 Å². The predicted octanol–water partition coefficient (Wildman–Crippen LogP) is 2.63. The minimum Gasteiger partial charge on any atom is -0.310 e. The van der Waals surface area contributed by atoms with Crippen molar-refractivity contribution in [1.82, 2.24) is 5.32 Å². The highest BCUT2D eigenvalue weighted by Crippen LogP contribution is 2.29. The zero-order chi connectivity index (χ0) is 10.1. The third-order valence-corrected chi connectivity index (χ3v) is 2.90. The first-order chi connectivity index (χ1) is 6.66. The molecule has 1 nitrogen and oxygen atoms in total. The van der Waals surface area contributed by atoms with Gasteiger partial charge in [0.05, 0.1) is 0 Å². The zero-order valence-corrected chi connectivity index (χ0v) is 8.68. The monoisotopic (exact) mass is 193 g/mol. The summed E-state index contributed by atoms with van der Waals surface area (Å²) < 4.78 is 13.0. The number of rotatable bonds is 3. The van der Waals surface area contributed by atoms with E-state index in [0.717, 1.165) is 18.0 Å². The minimum atomic E-state index is -0.117. The Morgan fingerprint density at radius 1 is 1.50 bits per heavy atom. The van der Waals surface area contributed by atoms with E-state index in [0.29, 0.717) is 6.04 Å². The molecule has 2 atom stereocenters. The van der Waals surface area contributed by atoms with Gasteiger partial charge < -0.3 is 5.32 Å². The van der Waals surface area contributed by atoms with Gasteiger partial charge in [-0.15, -0.1) is 0 Å². The summed E-state index contributed by atoms with van der Waals surface area (Å²) in [5.74, 6) is 0.699. The van der Waals surface area contributed by atoms with E-state index in [1.54, 1.807) is 13.0 Å². The van der Waals surface area contributed by atoms with Crippen LogP contribution < -0.4 is 5.32 Å². The molecule has 1 saturated carbocycles. The van der Waals surface area contributed by atoms with Crippen molar-refractivity contribution < 1.29 is 4.39 Å². The minimum absolute atomic E-state index is 0.117. The van der Waals surface area contributed by atoms with Gasteiger partial charge in [0.1, 0.15) is 5.82 Å². The van der Waals surface area contributed by atoms with Gasteiger partial charge in [0.15, 0.2) is 0 Å². The summed E-state index contributed by atoms with van der Waals surface area (Å²) >= 11 is 0. The van der Waals surface area contributed by atoms with E-state index >= 15 is 0 Å². The highest BCUT2D eigenvalue weighted by atomic mass is 19.1. The second-order valence-corrected chi connectivity index (χ2v) is 4.28. The van der Waals surface area contributed by atoms with E-state index in [4.69, 9.17) is 0 Å². The van der Waals surface area contributed by atoms with Crippen molar-refractivity contribution in [2.75, 3.05) is 0 Å². The fourth-order valence-electron chi connectivity index (χ4n) is 1.67. The lowest BCUT2D eigenvalue weighted by Crippen LogP contribution is -2.17. The molecule has 0 saturated heterocycles. The van der Waals surface area contributed by atoms with Gasteiger partial charge in [0.25, 0.3) is 0 Å². The molecular formula is C12H16FN. The molecule has 2 heteroatoms. The standard InChI is InChI=1S/C12H16FN/c1-8-5-10(3-4-11(8)13)7-14-12-6-9(12)2/h3-5,9,12,14H,6-7H2,1-2H3. The average Bonchev–Trinajstić information content (AvgIpc) is 2.85. The largest absolute Gasteiger partial charge is 0.310 e. The molecule has 14 heavy (non-hydrogen) atoms. The Morgan fingerprint density at radius 3 is 2.79 bits per heavy atom. The molecule has 0 radical (unpaired) electrons. The molecule has 0 heterocycles. The molecule has 1 aliphatic carbocycles. The Hall–Kier alpha value is -0.890. The van der Waals surface area contributed by atoms with Gasteiger partial charge in [-0.05, 0) is 36.5 Å². The van der Waals surface area contributed by atoms with Crippen LogP contribution in [-0.4, -0.2) is 6.04 Å². The molecule has 0 amide bonds. The average molecular weight is 193 g/mol. The third kappa shape index (κ3) is 2.13. The normalized spacial score (nSPS) is 25.1. The van der Waals surface area contributed by atoms with Crippen molar-refractivity contribution in [1.29, 1.82) is 0 Å². The van der Waals surface area contributed by atoms with Crippen molar-refractivity contribution >= 4 is 0 Å². The molecular weight excluding hydrogens is 177 g/mol. The molecule has 0 spiro atoms. The van der Waals surface area contributed by atoms with Crippen LogP contribution in [0, 0.1) is 18.7 Å². The smallest absolute Gasteiger partial charge is 0.126 e. The summed E-state index contributed by atoms with van der Waals surface area (Å²) in [7, 11) is 0. The first-order valence-corrected chi connectivity index (χ1v) is 5.15. The molecule has 0 aliphatic heterocycles. The quantitative estimate of drug-likeness (QED) is 0.778. The summed E-state index contributed by atoms with van der Waals surface area (Å²) in [6.07, 6.45) is 1.28. The molecule has 2 unspecified atom stereocenters. The maximum absolute atomic E-state index is 13.0. The van der Waals surface area contributed by atoms with Crippen LogP contribution in [0.5, 0.6) is 0 Å². The summed E-state index contributed by atoms with van der Waals surface area (Å²) in [4.78, 5) is 0. The lowest BCUT2D eigenvalue weighted by atomic mass is 10.1. The first kappa shape index (κ1) is 9.66. The van der Waals surface area contributed by atoms with E-state index in [2.05, 4.69) is 12.2 Å². The summed E-state index contributed by atoms with van der Waals surface area (Å²) in [6.45, 7) is 4.91. The van der Waals surface area contributed by atoms with Gasteiger partial charge in [-0.2, -0.15) is 0 Å². The van der Waals surface area contributed by atoms with Crippen LogP contribution in [0.4, 0.5) is 4.39 Å². The number of aryl methyl sites for hydroxylation is 1. The topological polar surface area (TPSA) is 12.0 Å². The molecule has 1 aromatic rings. The number of benzene rings is 1. The van der Waals surface area contributed by atoms with E-state index in [1.165, 1.54) is 12.0 Å². The highest BCUT2D eigenvalue weighted by Gasteiger charge is 2.31. The molecule has 0 aromatic heterocycles. The maximum Gasteiger partial charge on any atom is 0.126 e. The van der Waals surface area contributed by atoms with E-state index in [9.17, 15) is 4.39 Å².